The summed E-state index contributed by atoms with van der Waals surface area (Å²) in [4.78, 5) is 1.51. The molecule has 0 amide bonds. The van der Waals surface area contributed by atoms with Crippen LogP contribution < -0.4 is 0 Å². The Hall–Kier alpha value is -0.833. The lowest BCUT2D eigenvalue weighted by Gasteiger charge is -2.28. The lowest BCUT2D eigenvalue weighted by atomic mass is 10.8. The zero-order valence-corrected chi connectivity index (χ0v) is 11.6. The Bertz CT molecular complexity index is 279. The van der Waals surface area contributed by atoms with E-state index in [-0.39, 0.29) is 0 Å². The standard InChI is InChI=1S/C9H20N4O3Si/c1-4-14-17(15-5-2,16-6-3)8-7-13-11-9-10-12-13/h9H,4-8H2,1-3H3. The minimum atomic E-state index is -2.58. The van der Waals surface area contributed by atoms with E-state index < -0.39 is 8.80 Å². The average molecular weight is 260 g/mol. The fraction of sp³-hybridized carbons (Fsp3) is 0.889. The highest BCUT2D eigenvalue weighted by atomic mass is 28.4. The van der Waals surface area contributed by atoms with Crippen molar-refractivity contribution in [1.82, 2.24) is 20.2 Å². The van der Waals surface area contributed by atoms with Crippen LogP contribution in [-0.4, -0.2) is 48.8 Å². The van der Waals surface area contributed by atoms with Gasteiger partial charge in [0, 0.05) is 25.9 Å². The lowest BCUT2D eigenvalue weighted by molar-refractivity contribution is 0.0696. The molecule has 1 rings (SSSR count). The number of aromatic nitrogens is 4. The molecule has 1 heterocycles. The van der Waals surface area contributed by atoms with Gasteiger partial charge in [0.05, 0.1) is 6.54 Å². The molecule has 0 aromatic carbocycles. The predicted molar refractivity (Wildman–Crippen MR) is 63.3 cm³/mol. The van der Waals surface area contributed by atoms with Gasteiger partial charge in [0.15, 0.2) is 6.33 Å². The summed E-state index contributed by atoms with van der Waals surface area (Å²) in [7, 11) is -2.58. The van der Waals surface area contributed by atoms with Crippen LogP contribution in [0.3, 0.4) is 0 Å². The molecular weight excluding hydrogens is 240 g/mol. The molecule has 17 heavy (non-hydrogen) atoms. The van der Waals surface area contributed by atoms with Crippen molar-refractivity contribution in [3.05, 3.63) is 6.33 Å². The van der Waals surface area contributed by atoms with Gasteiger partial charge in [-0.2, -0.15) is 4.80 Å². The number of nitrogens with zero attached hydrogens (tertiary/aromatic N) is 4. The van der Waals surface area contributed by atoms with E-state index in [4.69, 9.17) is 13.3 Å². The van der Waals surface area contributed by atoms with E-state index in [1.54, 1.807) is 0 Å². The van der Waals surface area contributed by atoms with Gasteiger partial charge in [-0.1, -0.05) is 0 Å². The van der Waals surface area contributed by atoms with Gasteiger partial charge in [0.25, 0.3) is 0 Å². The Morgan fingerprint density at radius 3 is 2.06 bits per heavy atom. The minimum absolute atomic E-state index is 0.580. The van der Waals surface area contributed by atoms with Crippen LogP contribution in [0.15, 0.2) is 6.33 Å². The average Bonchev–Trinajstić information content (AvgIpc) is 2.80. The highest BCUT2D eigenvalue weighted by Gasteiger charge is 2.40. The van der Waals surface area contributed by atoms with Crippen molar-refractivity contribution < 1.29 is 13.3 Å². The first kappa shape index (κ1) is 14.2. The fourth-order valence-electron chi connectivity index (χ4n) is 1.53. The Labute approximate surface area is 102 Å². The van der Waals surface area contributed by atoms with E-state index in [1.807, 2.05) is 20.8 Å². The van der Waals surface area contributed by atoms with E-state index >= 15 is 0 Å². The molecule has 98 valence electrons. The van der Waals surface area contributed by atoms with Crippen molar-refractivity contribution >= 4 is 8.80 Å². The van der Waals surface area contributed by atoms with Crippen molar-refractivity contribution in [3.63, 3.8) is 0 Å². The molecule has 0 aliphatic rings. The van der Waals surface area contributed by atoms with Crippen molar-refractivity contribution in [1.29, 1.82) is 0 Å². The summed E-state index contributed by atoms with van der Waals surface area (Å²) in [6.07, 6.45) is 1.41. The van der Waals surface area contributed by atoms with E-state index in [1.165, 1.54) is 11.1 Å². The maximum absolute atomic E-state index is 5.71. The minimum Gasteiger partial charge on any atom is -0.374 e. The van der Waals surface area contributed by atoms with Crippen molar-refractivity contribution in [2.45, 2.75) is 33.4 Å². The number of rotatable bonds is 9. The Kier molecular flexibility index (Phi) is 6.26. The van der Waals surface area contributed by atoms with E-state index in [0.29, 0.717) is 32.4 Å². The summed E-state index contributed by atoms with van der Waals surface area (Å²) in [5.74, 6) is 0. The summed E-state index contributed by atoms with van der Waals surface area (Å²) in [5.41, 5.74) is 0. The van der Waals surface area contributed by atoms with E-state index in [9.17, 15) is 0 Å². The molecule has 7 nitrogen and oxygen atoms in total. The van der Waals surface area contributed by atoms with Crippen LogP contribution in [0.2, 0.25) is 6.04 Å². The monoisotopic (exact) mass is 260 g/mol. The highest BCUT2D eigenvalue weighted by Crippen LogP contribution is 2.16. The number of hydrogen-bond donors (Lipinski definition) is 0. The Morgan fingerprint density at radius 2 is 1.65 bits per heavy atom. The van der Waals surface area contributed by atoms with Crippen LogP contribution in [0.1, 0.15) is 20.8 Å². The third-order valence-electron chi connectivity index (χ3n) is 2.10. The summed E-state index contributed by atoms with van der Waals surface area (Å²) >= 11 is 0. The first-order chi connectivity index (χ1) is 8.26. The zero-order valence-electron chi connectivity index (χ0n) is 10.6. The van der Waals surface area contributed by atoms with Gasteiger partial charge >= 0.3 is 8.80 Å². The third-order valence-corrected chi connectivity index (χ3v) is 5.12. The van der Waals surface area contributed by atoms with Crippen molar-refractivity contribution in [2.24, 2.45) is 0 Å². The Balaban J connectivity index is 2.59. The highest BCUT2D eigenvalue weighted by molar-refractivity contribution is 6.60. The summed E-state index contributed by atoms with van der Waals surface area (Å²) in [5, 5.41) is 11.4. The van der Waals surface area contributed by atoms with Gasteiger partial charge in [-0.3, -0.25) is 0 Å². The predicted octanol–water partition coefficient (Wildman–Crippen LogP) is 0.721. The van der Waals surface area contributed by atoms with Crippen LogP contribution in [0.5, 0.6) is 0 Å². The smallest absolute Gasteiger partial charge is 0.374 e. The molecule has 0 aliphatic heterocycles. The second-order valence-electron chi connectivity index (χ2n) is 3.26. The van der Waals surface area contributed by atoms with Crippen LogP contribution in [0, 0.1) is 0 Å². The molecule has 0 atom stereocenters. The lowest BCUT2D eigenvalue weighted by Crippen LogP contribution is -2.46. The molecule has 8 heteroatoms. The summed E-state index contributed by atoms with van der Waals surface area (Å²) in [6.45, 7) is 8.14. The zero-order chi connectivity index (χ0) is 12.6. The topological polar surface area (TPSA) is 71.3 Å². The van der Waals surface area contributed by atoms with Crippen molar-refractivity contribution in [2.75, 3.05) is 19.8 Å². The van der Waals surface area contributed by atoms with Gasteiger partial charge in [0.2, 0.25) is 0 Å². The molecule has 0 bridgehead atoms. The number of aryl methyl sites for hydroxylation is 1. The molecular formula is C9H20N4O3Si. The van der Waals surface area contributed by atoms with Crippen LogP contribution in [0.25, 0.3) is 0 Å². The normalized spacial score (nSPS) is 11.9. The molecule has 1 aromatic heterocycles. The van der Waals surface area contributed by atoms with Crippen LogP contribution in [-0.2, 0) is 19.8 Å². The summed E-state index contributed by atoms with van der Waals surface area (Å²) in [6, 6.07) is 0.652. The van der Waals surface area contributed by atoms with Crippen LogP contribution >= 0.6 is 0 Å². The summed E-state index contributed by atoms with van der Waals surface area (Å²) < 4.78 is 17.1. The van der Waals surface area contributed by atoms with Gasteiger partial charge in [-0.05, 0) is 26.0 Å². The molecule has 0 saturated heterocycles. The van der Waals surface area contributed by atoms with Crippen molar-refractivity contribution in [3.8, 4) is 0 Å². The van der Waals surface area contributed by atoms with E-state index in [0.717, 1.165) is 0 Å². The SMILES string of the molecule is CCO[Si](CCn1ncnn1)(OCC)OCC. The molecule has 0 radical (unpaired) electrons. The third kappa shape index (κ3) is 4.50. The molecule has 0 aliphatic carbocycles. The second-order valence-corrected chi connectivity index (χ2v) is 6.00. The molecule has 0 unspecified atom stereocenters. The molecule has 0 saturated carbocycles. The second kappa shape index (κ2) is 7.48. The maximum atomic E-state index is 5.71. The first-order valence-corrected chi connectivity index (χ1v) is 7.82. The molecule has 0 N–H and O–H groups in total. The fourth-order valence-corrected chi connectivity index (χ4v) is 4.01. The molecule has 0 spiro atoms. The quantitative estimate of drug-likeness (QED) is 0.609. The molecule has 1 aromatic rings. The number of hydrogen-bond acceptors (Lipinski definition) is 6. The largest absolute Gasteiger partial charge is 0.502 e. The van der Waals surface area contributed by atoms with Crippen LogP contribution in [0.4, 0.5) is 0 Å². The maximum Gasteiger partial charge on any atom is 0.502 e. The molecule has 0 fully saturated rings. The van der Waals surface area contributed by atoms with Gasteiger partial charge < -0.3 is 13.3 Å². The van der Waals surface area contributed by atoms with Gasteiger partial charge in [-0.15, -0.1) is 10.2 Å². The number of tetrazole rings is 1. The van der Waals surface area contributed by atoms with E-state index in [2.05, 4.69) is 15.4 Å². The van der Waals surface area contributed by atoms with Gasteiger partial charge in [-0.25, -0.2) is 0 Å². The Morgan fingerprint density at radius 1 is 1.06 bits per heavy atom. The first-order valence-electron chi connectivity index (χ1n) is 5.89. The van der Waals surface area contributed by atoms with Gasteiger partial charge in [0.1, 0.15) is 0 Å².